The molecule has 0 saturated carbocycles. The first kappa shape index (κ1) is 13.6. The summed E-state index contributed by atoms with van der Waals surface area (Å²) in [4.78, 5) is 0. The zero-order chi connectivity index (χ0) is 9.11. The third-order valence-corrected chi connectivity index (χ3v) is 2.00. The maximum absolute atomic E-state index is 2.34. The summed E-state index contributed by atoms with van der Waals surface area (Å²) in [5, 5.41) is 0. The molecule has 0 aromatic carbocycles. The van der Waals surface area contributed by atoms with Gasteiger partial charge in [0.1, 0.15) is 0 Å². The fourth-order valence-corrected chi connectivity index (χ4v) is 0.947. The second-order valence-corrected chi connectivity index (χ2v) is 3.01. The van der Waals surface area contributed by atoms with Crippen molar-refractivity contribution in [1.82, 2.24) is 0 Å². The van der Waals surface area contributed by atoms with Gasteiger partial charge in [-0.15, -0.1) is 0 Å². The van der Waals surface area contributed by atoms with Crippen LogP contribution < -0.4 is 0 Å². The van der Waals surface area contributed by atoms with Gasteiger partial charge in [0.15, 0.2) is 0 Å². The second kappa shape index (κ2) is 12.7. The quantitative estimate of drug-likeness (QED) is 0.511. The predicted molar refractivity (Wildman–Crippen MR) is 54.9 cm³/mol. The van der Waals surface area contributed by atoms with Crippen LogP contribution in [-0.4, -0.2) is 0 Å². The van der Waals surface area contributed by atoms with E-state index in [0.717, 1.165) is 5.92 Å². The maximum Gasteiger partial charge on any atom is -0.0445 e. The third kappa shape index (κ3) is 13.1. The Kier molecular flexibility index (Phi) is 15.6. The lowest BCUT2D eigenvalue weighted by molar-refractivity contribution is 0.482. The molecule has 0 rings (SSSR count). The number of unbranched alkanes of at least 4 members (excludes halogenated alkanes) is 2. The average molecular weight is 158 g/mol. The molecule has 1 atom stereocenters. The molecule has 0 aliphatic rings. The molecule has 1 unspecified atom stereocenters. The molecule has 0 bridgehead atoms. The topological polar surface area (TPSA) is 0 Å². The molecular formula is C11H26. The minimum Gasteiger partial charge on any atom is -0.0683 e. The molecule has 0 saturated heterocycles. The Morgan fingerprint density at radius 2 is 1.55 bits per heavy atom. The molecule has 0 N–H and O–H groups in total. The van der Waals surface area contributed by atoms with Gasteiger partial charge in [-0.25, -0.2) is 0 Å². The summed E-state index contributed by atoms with van der Waals surface area (Å²) in [7, 11) is 0. The summed E-state index contributed by atoms with van der Waals surface area (Å²) in [6, 6.07) is 0. The van der Waals surface area contributed by atoms with E-state index < -0.39 is 0 Å². The van der Waals surface area contributed by atoms with Crippen molar-refractivity contribution in [2.24, 2.45) is 5.92 Å². The Hall–Kier alpha value is 0. The predicted octanol–water partition coefficient (Wildman–Crippen LogP) is 4.64. The van der Waals surface area contributed by atoms with Gasteiger partial charge in [0.2, 0.25) is 0 Å². The van der Waals surface area contributed by atoms with Gasteiger partial charge in [-0.3, -0.25) is 0 Å². The Bertz CT molecular complexity index is 48.0. The Morgan fingerprint density at radius 3 is 1.91 bits per heavy atom. The molecule has 0 fully saturated rings. The molecule has 0 aliphatic heterocycles. The van der Waals surface area contributed by atoms with E-state index in [-0.39, 0.29) is 0 Å². The van der Waals surface area contributed by atoms with Gasteiger partial charge >= 0.3 is 0 Å². The van der Waals surface area contributed by atoms with E-state index in [1.165, 1.54) is 32.1 Å². The van der Waals surface area contributed by atoms with Crippen LogP contribution in [0.3, 0.4) is 0 Å². The van der Waals surface area contributed by atoms with Crippen molar-refractivity contribution in [1.29, 1.82) is 0 Å². The normalized spacial score (nSPS) is 11.7. The van der Waals surface area contributed by atoms with Crippen molar-refractivity contribution in [3.8, 4) is 0 Å². The minimum absolute atomic E-state index is 0.955. The lowest BCUT2D eigenvalue weighted by Crippen LogP contribution is -1.90. The third-order valence-electron chi connectivity index (χ3n) is 2.00. The molecule has 0 amide bonds. The monoisotopic (exact) mass is 158 g/mol. The van der Waals surface area contributed by atoms with Crippen molar-refractivity contribution in [3.05, 3.63) is 0 Å². The SMILES string of the molecule is CC.CCCCCC(C)CC. The van der Waals surface area contributed by atoms with Crippen LogP contribution in [0.25, 0.3) is 0 Å². The van der Waals surface area contributed by atoms with Crippen LogP contribution in [-0.2, 0) is 0 Å². The number of hydrogen-bond donors (Lipinski definition) is 0. The Morgan fingerprint density at radius 1 is 1.00 bits per heavy atom. The minimum atomic E-state index is 0.955. The van der Waals surface area contributed by atoms with Crippen molar-refractivity contribution >= 4 is 0 Å². The highest BCUT2D eigenvalue weighted by molar-refractivity contribution is 4.49. The molecule has 11 heavy (non-hydrogen) atoms. The fourth-order valence-electron chi connectivity index (χ4n) is 0.947. The van der Waals surface area contributed by atoms with E-state index >= 15 is 0 Å². The molecular weight excluding hydrogens is 132 g/mol. The van der Waals surface area contributed by atoms with E-state index in [9.17, 15) is 0 Å². The van der Waals surface area contributed by atoms with Crippen molar-refractivity contribution in [3.63, 3.8) is 0 Å². The van der Waals surface area contributed by atoms with Gasteiger partial charge < -0.3 is 0 Å². The highest BCUT2D eigenvalue weighted by Gasteiger charge is 1.95. The van der Waals surface area contributed by atoms with Crippen molar-refractivity contribution < 1.29 is 0 Å². The van der Waals surface area contributed by atoms with Gasteiger partial charge in [0.05, 0.1) is 0 Å². The van der Waals surface area contributed by atoms with Gasteiger partial charge in [-0.05, 0) is 5.92 Å². The van der Waals surface area contributed by atoms with Gasteiger partial charge in [0, 0.05) is 0 Å². The fraction of sp³-hybridized carbons (Fsp3) is 1.00. The van der Waals surface area contributed by atoms with Crippen LogP contribution in [0.15, 0.2) is 0 Å². The van der Waals surface area contributed by atoms with Crippen molar-refractivity contribution in [2.75, 3.05) is 0 Å². The summed E-state index contributed by atoms with van der Waals surface area (Å²) in [5.74, 6) is 0.955. The van der Waals surface area contributed by atoms with Crippen LogP contribution in [0.5, 0.6) is 0 Å². The number of rotatable bonds is 5. The molecule has 0 heteroatoms. The lowest BCUT2D eigenvalue weighted by atomic mass is 10.0. The van der Waals surface area contributed by atoms with Crippen LogP contribution >= 0.6 is 0 Å². The molecule has 0 spiro atoms. The van der Waals surface area contributed by atoms with Crippen LogP contribution in [0, 0.1) is 5.92 Å². The Labute approximate surface area is 73.4 Å². The number of hydrogen-bond acceptors (Lipinski definition) is 0. The van der Waals surface area contributed by atoms with E-state index in [2.05, 4.69) is 20.8 Å². The van der Waals surface area contributed by atoms with Crippen LogP contribution in [0.4, 0.5) is 0 Å². The van der Waals surface area contributed by atoms with E-state index in [1.807, 2.05) is 13.8 Å². The molecule has 0 aromatic rings. The molecule has 70 valence electrons. The van der Waals surface area contributed by atoms with Gasteiger partial charge in [-0.2, -0.15) is 0 Å². The maximum atomic E-state index is 2.34. The highest BCUT2D eigenvalue weighted by atomic mass is 14.0. The van der Waals surface area contributed by atoms with Crippen LogP contribution in [0.2, 0.25) is 0 Å². The largest absolute Gasteiger partial charge is 0.0683 e. The molecule has 0 heterocycles. The summed E-state index contributed by atoms with van der Waals surface area (Å²) in [5.41, 5.74) is 0. The standard InChI is InChI=1S/C9H20.C2H6/c1-4-6-7-8-9(3)5-2;1-2/h9H,4-8H2,1-3H3;1-2H3. The van der Waals surface area contributed by atoms with Gasteiger partial charge in [0.25, 0.3) is 0 Å². The van der Waals surface area contributed by atoms with E-state index in [1.54, 1.807) is 0 Å². The zero-order valence-electron chi connectivity index (χ0n) is 9.11. The summed E-state index contributed by atoms with van der Waals surface area (Å²) < 4.78 is 0. The summed E-state index contributed by atoms with van der Waals surface area (Å²) in [6.07, 6.45) is 7.00. The summed E-state index contributed by atoms with van der Waals surface area (Å²) >= 11 is 0. The first-order valence-corrected chi connectivity index (χ1v) is 5.31. The van der Waals surface area contributed by atoms with Gasteiger partial charge in [-0.1, -0.05) is 66.7 Å². The van der Waals surface area contributed by atoms with Crippen LogP contribution in [0.1, 0.15) is 66.7 Å². The molecule has 0 radical (unpaired) electrons. The van der Waals surface area contributed by atoms with Crippen molar-refractivity contribution in [2.45, 2.75) is 66.7 Å². The molecule has 0 nitrogen and oxygen atoms in total. The lowest BCUT2D eigenvalue weighted by Gasteiger charge is -2.05. The second-order valence-electron chi connectivity index (χ2n) is 3.01. The molecule has 0 aliphatic carbocycles. The Balaban J connectivity index is 0. The van der Waals surface area contributed by atoms with E-state index in [0.29, 0.717) is 0 Å². The smallest absolute Gasteiger partial charge is 0.0445 e. The average Bonchev–Trinajstić information content (AvgIpc) is 2.08. The first-order chi connectivity index (χ1) is 5.31. The van der Waals surface area contributed by atoms with E-state index in [4.69, 9.17) is 0 Å². The highest BCUT2D eigenvalue weighted by Crippen LogP contribution is 2.11. The zero-order valence-corrected chi connectivity index (χ0v) is 9.11. The summed E-state index contributed by atoms with van der Waals surface area (Å²) in [6.45, 7) is 10.9. The molecule has 0 aromatic heterocycles. The first-order valence-electron chi connectivity index (χ1n) is 5.31.